The van der Waals surface area contributed by atoms with Crippen LogP contribution in [0.4, 0.5) is 0 Å². The molecular weight excluding hydrogens is 234 g/mol. The number of nitrogens with one attached hydrogen (secondary N) is 1. The first-order valence-electron chi connectivity index (χ1n) is 6.63. The fraction of sp³-hybridized carbons (Fsp3) is 0.923. The number of carbonyl (C=O) groups excluding carboxylic acids is 1. The average molecular weight is 259 g/mol. The van der Waals surface area contributed by atoms with Gasteiger partial charge in [-0.05, 0) is 26.0 Å². The van der Waals surface area contributed by atoms with E-state index in [1.807, 2.05) is 13.2 Å². The van der Waals surface area contributed by atoms with Crippen molar-refractivity contribution in [3.05, 3.63) is 0 Å². The van der Waals surface area contributed by atoms with Crippen LogP contribution < -0.4 is 5.32 Å². The van der Waals surface area contributed by atoms with E-state index in [0.29, 0.717) is 0 Å². The normalized spacial score (nSPS) is 21.6. The van der Waals surface area contributed by atoms with Gasteiger partial charge in [0, 0.05) is 17.2 Å². The van der Waals surface area contributed by atoms with Crippen molar-refractivity contribution in [2.45, 2.75) is 56.7 Å². The van der Waals surface area contributed by atoms with Crippen LogP contribution in [0, 0.1) is 5.92 Å². The van der Waals surface area contributed by atoms with Crippen molar-refractivity contribution in [3.8, 4) is 0 Å². The Hall–Kier alpha value is -0.220. The Bertz CT molecular complexity index is 223. The van der Waals surface area contributed by atoms with Gasteiger partial charge < -0.3 is 10.4 Å². The van der Waals surface area contributed by atoms with E-state index in [2.05, 4.69) is 5.32 Å². The molecular formula is C13H25NO2S. The summed E-state index contributed by atoms with van der Waals surface area (Å²) in [5.74, 6) is 0.382. The Morgan fingerprint density at radius 1 is 1.35 bits per heavy atom. The van der Waals surface area contributed by atoms with Crippen LogP contribution in [0.1, 0.15) is 45.4 Å². The zero-order valence-corrected chi connectivity index (χ0v) is 11.8. The molecule has 2 unspecified atom stereocenters. The second-order valence-electron chi connectivity index (χ2n) is 4.94. The number of thioether (sulfide) groups is 1. The average Bonchev–Trinajstić information content (AvgIpc) is 2.59. The second-order valence-corrected chi connectivity index (χ2v) is 6.02. The molecule has 1 aliphatic rings. The molecule has 1 aliphatic carbocycles. The first-order valence-corrected chi connectivity index (χ1v) is 7.91. The molecule has 1 fully saturated rings. The number of hydrogen-bond donors (Lipinski definition) is 2. The van der Waals surface area contributed by atoms with Crippen molar-refractivity contribution in [2.75, 3.05) is 12.9 Å². The lowest BCUT2D eigenvalue weighted by Crippen LogP contribution is -2.43. The van der Waals surface area contributed by atoms with Crippen molar-refractivity contribution in [3.63, 3.8) is 0 Å². The van der Waals surface area contributed by atoms with E-state index in [0.717, 1.165) is 12.8 Å². The maximum Gasteiger partial charge on any atom is 0.223 e. The smallest absolute Gasteiger partial charge is 0.223 e. The van der Waals surface area contributed by atoms with Gasteiger partial charge in [0.2, 0.25) is 5.91 Å². The third kappa shape index (κ3) is 4.88. The van der Waals surface area contributed by atoms with Gasteiger partial charge in [-0.25, -0.2) is 0 Å². The first-order chi connectivity index (χ1) is 8.19. The van der Waals surface area contributed by atoms with E-state index in [-0.39, 0.29) is 29.7 Å². The minimum atomic E-state index is 0.0470. The molecule has 0 saturated heterocycles. The minimum absolute atomic E-state index is 0.0470. The molecule has 0 spiro atoms. The molecule has 0 heterocycles. The van der Waals surface area contributed by atoms with Gasteiger partial charge in [0.25, 0.3) is 0 Å². The van der Waals surface area contributed by atoms with Gasteiger partial charge >= 0.3 is 0 Å². The van der Waals surface area contributed by atoms with Crippen LogP contribution in [-0.4, -0.2) is 35.2 Å². The number of aliphatic hydroxyl groups excluding tert-OH is 1. The molecule has 1 rings (SSSR count). The Morgan fingerprint density at radius 2 is 1.94 bits per heavy atom. The van der Waals surface area contributed by atoms with Crippen LogP contribution >= 0.6 is 11.8 Å². The lowest BCUT2D eigenvalue weighted by Gasteiger charge is -2.24. The predicted molar refractivity (Wildman–Crippen MR) is 73.2 cm³/mol. The Balaban J connectivity index is 2.41. The van der Waals surface area contributed by atoms with E-state index < -0.39 is 0 Å². The molecule has 17 heavy (non-hydrogen) atoms. The molecule has 1 saturated carbocycles. The van der Waals surface area contributed by atoms with Crippen molar-refractivity contribution < 1.29 is 9.90 Å². The van der Waals surface area contributed by atoms with Gasteiger partial charge in [0.15, 0.2) is 0 Å². The third-order valence-corrected chi connectivity index (χ3v) is 4.80. The van der Waals surface area contributed by atoms with E-state index in [9.17, 15) is 9.90 Å². The Kier molecular flexibility index (Phi) is 6.97. The number of rotatable bonds is 5. The summed E-state index contributed by atoms with van der Waals surface area (Å²) in [6, 6.07) is 0.0470. The fourth-order valence-corrected chi connectivity index (χ4v) is 3.04. The monoisotopic (exact) mass is 259 g/mol. The molecule has 0 radical (unpaired) electrons. The van der Waals surface area contributed by atoms with Crippen molar-refractivity contribution >= 4 is 17.7 Å². The number of carbonyl (C=O) groups is 1. The maximum atomic E-state index is 12.1. The van der Waals surface area contributed by atoms with Crippen molar-refractivity contribution in [2.24, 2.45) is 5.92 Å². The highest BCUT2D eigenvalue weighted by atomic mass is 32.2. The summed E-state index contributed by atoms with van der Waals surface area (Å²) in [5.41, 5.74) is 0. The molecule has 0 aliphatic heterocycles. The number of aliphatic hydroxyl groups is 1. The molecule has 1 amide bonds. The Morgan fingerprint density at radius 3 is 2.41 bits per heavy atom. The van der Waals surface area contributed by atoms with E-state index in [4.69, 9.17) is 0 Å². The molecule has 0 aromatic heterocycles. The highest BCUT2D eigenvalue weighted by Crippen LogP contribution is 2.23. The van der Waals surface area contributed by atoms with E-state index in [1.54, 1.807) is 11.8 Å². The lowest BCUT2D eigenvalue weighted by atomic mass is 9.99. The van der Waals surface area contributed by atoms with Crippen LogP contribution in [0.15, 0.2) is 0 Å². The largest absolute Gasteiger partial charge is 0.395 e. The van der Waals surface area contributed by atoms with Crippen LogP contribution in [0.2, 0.25) is 0 Å². The first kappa shape index (κ1) is 14.8. The molecule has 0 aromatic rings. The van der Waals surface area contributed by atoms with Crippen molar-refractivity contribution in [1.29, 1.82) is 0 Å². The summed E-state index contributed by atoms with van der Waals surface area (Å²) in [6.07, 6.45) is 8.92. The lowest BCUT2D eigenvalue weighted by molar-refractivity contribution is -0.126. The highest BCUT2D eigenvalue weighted by Gasteiger charge is 2.23. The van der Waals surface area contributed by atoms with E-state index >= 15 is 0 Å². The molecule has 100 valence electrons. The van der Waals surface area contributed by atoms with Crippen molar-refractivity contribution in [1.82, 2.24) is 5.32 Å². The van der Waals surface area contributed by atoms with Gasteiger partial charge in [-0.1, -0.05) is 25.7 Å². The molecule has 3 nitrogen and oxygen atoms in total. The van der Waals surface area contributed by atoms with Crippen LogP contribution in [0.25, 0.3) is 0 Å². The molecule has 2 N–H and O–H groups in total. The zero-order chi connectivity index (χ0) is 12.7. The summed E-state index contributed by atoms with van der Waals surface area (Å²) < 4.78 is 0. The molecule has 2 atom stereocenters. The molecule has 0 aromatic carbocycles. The second kappa shape index (κ2) is 7.98. The molecule has 0 bridgehead atoms. The summed E-state index contributed by atoms with van der Waals surface area (Å²) in [6.45, 7) is 2.10. The topological polar surface area (TPSA) is 49.3 Å². The van der Waals surface area contributed by atoms with Gasteiger partial charge in [-0.3, -0.25) is 4.79 Å². The summed E-state index contributed by atoms with van der Waals surface area (Å²) in [4.78, 5) is 12.1. The van der Waals surface area contributed by atoms with Gasteiger partial charge in [0.05, 0.1) is 6.61 Å². The quantitative estimate of drug-likeness (QED) is 0.744. The zero-order valence-electron chi connectivity index (χ0n) is 10.9. The third-order valence-electron chi connectivity index (χ3n) is 3.64. The Labute approximate surface area is 109 Å². The summed E-state index contributed by atoms with van der Waals surface area (Å²) in [5, 5.41) is 12.4. The van der Waals surface area contributed by atoms with Gasteiger partial charge in [-0.15, -0.1) is 0 Å². The van der Waals surface area contributed by atoms with Crippen LogP contribution in [-0.2, 0) is 4.79 Å². The summed E-state index contributed by atoms with van der Waals surface area (Å²) in [7, 11) is 0. The van der Waals surface area contributed by atoms with Crippen LogP contribution in [0.3, 0.4) is 0 Å². The fourth-order valence-electron chi connectivity index (χ4n) is 2.41. The van der Waals surface area contributed by atoms with E-state index in [1.165, 1.54) is 25.7 Å². The van der Waals surface area contributed by atoms with Gasteiger partial charge in [0.1, 0.15) is 0 Å². The highest BCUT2D eigenvalue weighted by molar-refractivity contribution is 7.99. The minimum Gasteiger partial charge on any atom is -0.395 e. The SMILES string of the molecule is CSC(CO)C(C)NC(=O)C1CCCCCC1. The van der Waals surface area contributed by atoms with Crippen LogP contribution in [0.5, 0.6) is 0 Å². The molecule has 4 heteroatoms. The van der Waals surface area contributed by atoms with Gasteiger partial charge in [-0.2, -0.15) is 11.8 Å². The predicted octanol–water partition coefficient (Wildman–Crippen LogP) is 2.19. The maximum absolute atomic E-state index is 12.1. The number of hydrogen-bond acceptors (Lipinski definition) is 3. The number of amides is 1. The standard InChI is InChI=1S/C13H25NO2S/c1-10(12(9-15)17-2)14-13(16)11-7-5-3-4-6-8-11/h10-12,15H,3-9H2,1-2H3,(H,14,16). The summed E-state index contributed by atoms with van der Waals surface area (Å²) >= 11 is 1.61.